The van der Waals surface area contributed by atoms with Crippen LogP contribution in [0.25, 0.3) is 0 Å². The zero-order chi connectivity index (χ0) is 15.3. The lowest BCUT2D eigenvalue weighted by molar-refractivity contribution is -0.797. The van der Waals surface area contributed by atoms with Gasteiger partial charge in [-0.25, -0.2) is 4.79 Å². The predicted molar refractivity (Wildman–Crippen MR) is 59.6 cm³/mol. The summed E-state index contributed by atoms with van der Waals surface area (Å²) in [6, 6.07) is 0. The van der Waals surface area contributed by atoms with E-state index >= 15 is 0 Å². The Morgan fingerprint density at radius 3 is 2.00 bits per heavy atom. The molecule has 0 spiro atoms. The molecule has 1 rings (SSSR count). The first-order valence-electron chi connectivity index (χ1n) is 5.41. The molecule has 12 heteroatoms. The van der Waals surface area contributed by atoms with Crippen LogP contribution in [0, 0.1) is 20.2 Å². The predicted octanol–water partition coefficient (Wildman–Crippen LogP) is 1.04. The third-order valence-electron chi connectivity index (χ3n) is 2.37. The first-order chi connectivity index (χ1) is 9.27. The summed E-state index contributed by atoms with van der Waals surface area (Å²) in [7, 11) is 0. The van der Waals surface area contributed by atoms with Gasteiger partial charge in [0.05, 0.1) is 0 Å². The van der Waals surface area contributed by atoms with Crippen LogP contribution in [0.1, 0.15) is 19.8 Å². The van der Waals surface area contributed by atoms with E-state index < -0.39 is 40.2 Å². The van der Waals surface area contributed by atoms with E-state index in [1.807, 2.05) is 0 Å². The molecule has 1 saturated carbocycles. The first-order valence-corrected chi connectivity index (χ1v) is 5.85. The smallest absolute Gasteiger partial charge is 0.431 e. The van der Waals surface area contributed by atoms with Crippen molar-refractivity contribution in [1.82, 2.24) is 0 Å². The quantitative estimate of drug-likeness (QED) is 0.304. The number of carbonyl (C=O) groups is 1. The van der Waals surface area contributed by atoms with Gasteiger partial charge in [0, 0.05) is 12.8 Å². The number of ether oxygens (including phenoxy) is 2. The number of nitrogens with zero attached hydrogens (tertiary/aromatic N) is 2. The highest BCUT2D eigenvalue weighted by atomic mass is 35.5. The van der Waals surface area contributed by atoms with E-state index in [-0.39, 0.29) is 12.8 Å². The van der Waals surface area contributed by atoms with Crippen molar-refractivity contribution in [3.05, 3.63) is 20.2 Å². The molecule has 1 fully saturated rings. The average Bonchev–Trinajstić information content (AvgIpc) is 2.56. The summed E-state index contributed by atoms with van der Waals surface area (Å²) in [6.45, 7) is 1.38. The highest BCUT2D eigenvalue weighted by molar-refractivity contribution is 6.19. The van der Waals surface area contributed by atoms with E-state index in [0.717, 1.165) is 0 Å². The normalized spacial score (nSPS) is 26.4. The molecule has 4 atom stereocenters. The summed E-state index contributed by atoms with van der Waals surface area (Å²) in [5.41, 5.74) is -0.916. The number of carbonyl (C=O) groups excluding carboxylic acids is 1. The van der Waals surface area contributed by atoms with Crippen molar-refractivity contribution in [2.45, 2.75) is 43.6 Å². The lowest BCUT2D eigenvalue weighted by Gasteiger charge is -2.14. The summed E-state index contributed by atoms with van der Waals surface area (Å²) < 4.78 is 9.29. The Labute approximate surface area is 116 Å². The lowest BCUT2D eigenvalue weighted by Crippen LogP contribution is -2.30. The SMILES string of the molecule is CC(Cl)OC(=O)O[C@H]1C[C@H](O[N+](=O)[O-])[C@H](O[N+](=O)[O-])C1. The van der Waals surface area contributed by atoms with E-state index in [4.69, 9.17) is 16.3 Å². The molecule has 114 valence electrons. The summed E-state index contributed by atoms with van der Waals surface area (Å²) in [5.74, 6) is 0. The molecule has 1 unspecified atom stereocenters. The van der Waals surface area contributed by atoms with E-state index in [2.05, 4.69) is 14.4 Å². The van der Waals surface area contributed by atoms with Crippen LogP contribution in [0.5, 0.6) is 0 Å². The Balaban J connectivity index is 2.57. The zero-order valence-corrected chi connectivity index (χ0v) is 10.9. The fraction of sp³-hybridized carbons (Fsp3) is 0.875. The van der Waals surface area contributed by atoms with Gasteiger partial charge in [-0.1, -0.05) is 11.6 Å². The monoisotopic (exact) mass is 314 g/mol. The molecule has 0 radical (unpaired) electrons. The number of rotatable bonds is 6. The largest absolute Gasteiger partial charge is 0.510 e. The van der Waals surface area contributed by atoms with Crippen LogP contribution in [0.3, 0.4) is 0 Å². The van der Waals surface area contributed by atoms with Gasteiger partial charge in [0.1, 0.15) is 18.3 Å². The minimum Gasteiger partial charge on any atom is -0.431 e. The van der Waals surface area contributed by atoms with Crippen LogP contribution in [0.4, 0.5) is 4.79 Å². The second-order valence-corrected chi connectivity index (χ2v) is 4.47. The summed E-state index contributed by atoms with van der Waals surface area (Å²) in [5, 5.41) is 18.3. The van der Waals surface area contributed by atoms with Gasteiger partial charge in [0.25, 0.3) is 10.2 Å². The van der Waals surface area contributed by atoms with Crippen LogP contribution < -0.4 is 0 Å². The maximum absolute atomic E-state index is 11.2. The Morgan fingerprint density at radius 1 is 1.20 bits per heavy atom. The number of alkyl halides is 1. The van der Waals surface area contributed by atoms with Gasteiger partial charge in [-0.05, 0) is 6.92 Å². The molecule has 0 bridgehead atoms. The number of hydrogen-bond donors (Lipinski definition) is 0. The average molecular weight is 315 g/mol. The molecule has 0 N–H and O–H groups in total. The molecule has 0 aromatic carbocycles. The van der Waals surface area contributed by atoms with Gasteiger partial charge >= 0.3 is 6.16 Å². The maximum Gasteiger partial charge on any atom is 0.510 e. The molecule has 0 aromatic rings. The second-order valence-electron chi connectivity index (χ2n) is 3.86. The van der Waals surface area contributed by atoms with Crippen LogP contribution in [-0.2, 0) is 19.1 Å². The molecule has 0 amide bonds. The molecular weight excluding hydrogens is 304 g/mol. The minimum atomic E-state index is -1.21. The van der Waals surface area contributed by atoms with Crippen LogP contribution in [0.2, 0.25) is 0 Å². The Morgan fingerprint density at radius 2 is 1.65 bits per heavy atom. The van der Waals surface area contributed by atoms with E-state index in [9.17, 15) is 25.0 Å². The van der Waals surface area contributed by atoms with Gasteiger partial charge in [0.15, 0.2) is 5.56 Å². The Bertz CT molecular complexity index is 366. The number of hydrogen-bond acceptors (Lipinski definition) is 9. The summed E-state index contributed by atoms with van der Waals surface area (Å²) >= 11 is 5.40. The van der Waals surface area contributed by atoms with E-state index in [1.165, 1.54) is 6.92 Å². The number of halogens is 1. The standard InChI is InChI=1S/C8H11ClN2O9/c1-4(9)17-8(12)18-5-2-6(19-10(13)14)7(3-5)20-11(15)16/h4-7H,2-3H2,1H3/t4?,5-,6-,7+. The highest BCUT2D eigenvalue weighted by Crippen LogP contribution is 2.28. The van der Waals surface area contributed by atoms with E-state index in [1.54, 1.807) is 0 Å². The van der Waals surface area contributed by atoms with Gasteiger partial charge in [-0.3, -0.25) is 0 Å². The van der Waals surface area contributed by atoms with Crippen LogP contribution >= 0.6 is 11.6 Å². The summed E-state index contributed by atoms with van der Waals surface area (Å²) in [6.07, 6.45) is -4.63. The second kappa shape index (κ2) is 6.93. The van der Waals surface area contributed by atoms with Gasteiger partial charge in [-0.15, -0.1) is 20.2 Å². The van der Waals surface area contributed by atoms with Crippen molar-refractivity contribution < 1.29 is 34.1 Å². The van der Waals surface area contributed by atoms with E-state index in [0.29, 0.717) is 0 Å². The first kappa shape index (κ1) is 16.0. The Hall–Kier alpha value is -2.04. The topological polar surface area (TPSA) is 140 Å². The van der Waals surface area contributed by atoms with Crippen molar-refractivity contribution in [3.63, 3.8) is 0 Å². The van der Waals surface area contributed by atoms with Gasteiger partial charge in [-0.2, -0.15) is 0 Å². The van der Waals surface area contributed by atoms with Crippen molar-refractivity contribution >= 4 is 17.8 Å². The van der Waals surface area contributed by atoms with Gasteiger partial charge in [0.2, 0.25) is 0 Å². The molecule has 1 aliphatic rings. The van der Waals surface area contributed by atoms with Crippen molar-refractivity contribution in [3.8, 4) is 0 Å². The Kier molecular flexibility index (Phi) is 5.55. The third kappa shape index (κ3) is 5.30. The maximum atomic E-state index is 11.2. The zero-order valence-electron chi connectivity index (χ0n) is 10.2. The molecule has 0 heterocycles. The molecular formula is C8H11ClN2O9. The summed E-state index contributed by atoms with van der Waals surface area (Å²) in [4.78, 5) is 40.2. The lowest BCUT2D eigenvalue weighted by atomic mass is 10.3. The molecule has 0 saturated heterocycles. The van der Waals surface area contributed by atoms with Crippen LogP contribution in [-0.4, -0.2) is 40.2 Å². The van der Waals surface area contributed by atoms with Crippen molar-refractivity contribution in [2.75, 3.05) is 0 Å². The van der Waals surface area contributed by atoms with Crippen LogP contribution in [0.15, 0.2) is 0 Å². The molecule has 0 aliphatic heterocycles. The molecule has 20 heavy (non-hydrogen) atoms. The van der Waals surface area contributed by atoms with Gasteiger partial charge < -0.3 is 19.1 Å². The fourth-order valence-corrected chi connectivity index (χ4v) is 1.83. The van der Waals surface area contributed by atoms with Crippen molar-refractivity contribution in [2.24, 2.45) is 0 Å². The minimum absolute atomic E-state index is 0.134. The fourth-order valence-electron chi connectivity index (χ4n) is 1.75. The molecule has 1 aliphatic carbocycles. The molecule has 11 nitrogen and oxygen atoms in total. The molecule has 0 aromatic heterocycles. The highest BCUT2D eigenvalue weighted by Gasteiger charge is 2.41. The third-order valence-corrected chi connectivity index (χ3v) is 2.46. The van der Waals surface area contributed by atoms with Crippen molar-refractivity contribution in [1.29, 1.82) is 0 Å².